The number of anilines is 1. The fourth-order valence-corrected chi connectivity index (χ4v) is 2.94. The third kappa shape index (κ3) is 4.13. The molecule has 0 atom stereocenters. The lowest BCUT2D eigenvalue weighted by molar-refractivity contribution is 0.602. The Morgan fingerprint density at radius 3 is 2.05 bits per heavy atom. The second kappa shape index (κ2) is 6.04. The quantitative estimate of drug-likeness (QED) is 0.921. The number of halogens is 2. The highest BCUT2D eigenvalue weighted by Gasteiger charge is 2.06. The van der Waals surface area contributed by atoms with Crippen molar-refractivity contribution in [2.45, 2.75) is 11.4 Å². The van der Waals surface area contributed by atoms with Gasteiger partial charge in [0, 0.05) is 28.5 Å². The van der Waals surface area contributed by atoms with Crippen LogP contribution in [0.2, 0.25) is 10.0 Å². The summed E-state index contributed by atoms with van der Waals surface area (Å²) in [4.78, 5) is 0.300. The monoisotopic (exact) mass is 329 g/mol. The minimum absolute atomic E-state index is 0.300. The van der Waals surface area contributed by atoms with Gasteiger partial charge in [-0.05, 0) is 48.0 Å². The second-order valence-electron chi connectivity index (χ2n) is 4.43. The van der Waals surface area contributed by atoms with Gasteiger partial charge in [0.05, 0.1) is 4.90 Å². The van der Waals surface area contributed by atoms with E-state index in [0.717, 1.165) is 11.3 Å². The molecule has 0 aromatic heterocycles. The molecule has 0 aliphatic carbocycles. The highest BCUT2D eigenvalue weighted by molar-refractivity contribution is 7.90. The molecule has 0 saturated carbocycles. The Bertz CT molecular complexity index is 692. The Labute approximate surface area is 128 Å². The molecule has 3 nitrogen and oxygen atoms in total. The minimum atomic E-state index is -3.16. The fourth-order valence-electron chi connectivity index (χ4n) is 1.74. The van der Waals surface area contributed by atoms with Crippen molar-refractivity contribution < 1.29 is 8.42 Å². The molecular formula is C14H13Cl2NO2S. The van der Waals surface area contributed by atoms with Crippen LogP contribution >= 0.6 is 23.2 Å². The first-order valence-corrected chi connectivity index (χ1v) is 8.48. The van der Waals surface area contributed by atoms with Crippen LogP contribution in [0.4, 0.5) is 5.69 Å². The zero-order valence-electron chi connectivity index (χ0n) is 10.7. The number of nitrogens with one attached hydrogen (secondary N) is 1. The van der Waals surface area contributed by atoms with Crippen LogP contribution in [0, 0.1) is 0 Å². The summed E-state index contributed by atoms with van der Waals surface area (Å²) >= 11 is 11.8. The van der Waals surface area contributed by atoms with Gasteiger partial charge < -0.3 is 5.32 Å². The van der Waals surface area contributed by atoms with Crippen LogP contribution < -0.4 is 5.32 Å². The molecule has 0 heterocycles. The molecule has 0 aliphatic heterocycles. The van der Waals surface area contributed by atoms with Gasteiger partial charge in [0.25, 0.3) is 0 Å². The van der Waals surface area contributed by atoms with Crippen molar-refractivity contribution >= 4 is 38.7 Å². The molecule has 0 radical (unpaired) electrons. The molecule has 106 valence electrons. The zero-order chi connectivity index (χ0) is 14.8. The molecule has 6 heteroatoms. The van der Waals surface area contributed by atoms with Crippen molar-refractivity contribution in [3.05, 3.63) is 58.1 Å². The van der Waals surface area contributed by atoms with Crippen LogP contribution in [0.3, 0.4) is 0 Å². The van der Waals surface area contributed by atoms with Crippen molar-refractivity contribution in [3.8, 4) is 0 Å². The van der Waals surface area contributed by atoms with Crippen molar-refractivity contribution in [1.82, 2.24) is 0 Å². The molecule has 0 aliphatic rings. The molecule has 0 saturated heterocycles. The molecule has 1 N–H and O–H groups in total. The smallest absolute Gasteiger partial charge is 0.175 e. The minimum Gasteiger partial charge on any atom is -0.381 e. The van der Waals surface area contributed by atoms with E-state index in [1.54, 1.807) is 30.3 Å². The highest BCUT2D eigenvalue weighted by Crippen LogP contribution is 2.20. The maximum Gasteiger partial charge on any atom is 0.175 e. The van der Waals surface area contributed by atoms with E-state index >= 15 is 0 Å². The first-order chi connectivity index (χ1) is 9.34. The van der Waals surface area contributed by atoms with E-state index in [1.165, 1.54) is 6.26 Å². The summed E-state index contributed by atoms with van der Waals surface area (Å²) in [6.45, 7) is 0.554. The number of hydrogen-bond acceptors (Lipinski definition) is 3. The third-order valence-corrected chi connectivity index (χ3v) is 4.27. The van der Waals surface area contributed by atoms with Gasteiger partial charge in [-0.15, -0.1) is 0 Å². The predicted octanol–water partition coefficient (Wildman–Crippen LogP) is 4.01. The lowest BCUT2D eigenvalue weighted by Gasteiger charge is -2.08. The fraction of sp³-hybridized carbons (Fsp3) is 0.143. The van der Waals surface area contributed by atoms with Crippen LogP contribution in [-0.4, -0.2) is 14.7 Å². The van der Waals surface area contributed by atoms with Gasteiger partial charge >= 0.3 is 0 Å². The van der Waals surface area contributed by atoms with Crippen molar-refractivity contribution in [2.24, 2.45) is 0 Å². The van der Waals surface area contributed by atoms with Gasteiger partial charge in [0.1, 0.15) is 0 Å². The number of sulfone groups is 1. The second-order valence-corrected chi connectivity index (χ2v) is 7.32. The molecule has 0 spiro atoms. The maximum atomic E-state index is 11.3. The Hall–Kier alpha value is -1.23. The van der Waals surface area contributed by atoms with Crippen molar-refractivity contribution in [2.75, 3.05) is 11.6 Å². The molecule has 2 aromatic rings. The summed E-state index contributed by atoms with van der Waals surface area (Å²) in [5.41, 5.74) is 1.78. The van der Waals surface area contributed by atoms with Crippen LogP contribution in [0.1, 0.15) is 5.56 Å². The Balaban J connectivity index is 2.07. The number of benzene rings is 2. The van der Waals surface area contributed by atoms with Crippen LogP contribution in [-0.2, 0) is 16.4 Å². The van der Waals surface area contributed by atoms with E-state index < -0.39 is 9.84 Å². The predicted molar refractivity (Wildman–Crippen MR) is 83.3 cm³/mol. The Morgan fingerprint density at radius 2 is 1.55 bits per heavy atom. The lowest BCUT2D eigenvalue weighted by atomic mass is 10.2. The highest BCUT2D eigenvalue weighted by atomic mass is 35.5. The van der Waals surface area contributed by atoms with Crippen molar-refractivity contribution in [3.63, 3.8) is 0 Å². The van der Waals surface area contributed by atoms with Gasteiger partial charge in [0.15, 0.2) is 9.84 Å². The maximum absolute atomic E-state index is 11.3. The molecular weight excluding hydrogens is 317 g/mol. The molecule has 0 amide bonds. The molecule has 2 aromatic carbocycles. The molecule has 2 rings (SSSR count). The zero-order valence-corrected chi connectivity index (χ0v) is 13.1. The standard InChI is InChI=1S/C14H13Cl2NO2S/c1-20(18,19)14-4-2-13(3-5-14)17-9-10-6-11(15)8-12(16)7-10/h2-8,17H,9H2,1H3. The van der Waals surface area contributed by atoms with Gasteiger partial charge in [-0.25, -0.2) is 8.42 Å². The topological polar surface area (TPSA) is 46.2 Å². The van der Waals surface area contributed by atoms with E-state index in [1.807, 2.05) is 12.1 Å². The van der Waals surface area contributed by atoms with Crippen LogP contribution in [0.15, 0.2) is 47.4 Å². The number of hydrogen-bond donors (Lipinski definition) is 1. The summed E-state index contributed by atoms with van der Waals surface area (Å²) in [5.74, 6) is 0. The van der Waals surface area contributed by atoms with Gasteiger partial charge in [-0.3, -0.25) is 0 Å². The van der Waals surface area contributed by atoms with Gasteiger partial charge in [0.2, 0.25) is 0 Å². The van der Waals surface area contributed by atoms with Gasteiger partial charge in [-0.2, -0.15) is 0 Å². The van der Waals surface area contributed by atoms with E-state index in [2.05, 4.69) is 5.32 Å². The average Bonchev–Trinajstić information content (AvgIpc) is 2.35. The molecule has 0 unspecified atom stereocenters. The van der Waals surface area contributed by atoms with Crippen LogP contribution in [0.5, 0.6) is 0 Å². The number of rotatable bonds is 4. The summed E-state index contributed by atoms with van der Waals surface area (Å²) < 4.78 is 22.7. The van der Waals surface area contributed by atoms with Gasteiger partial charge in [-0.1, -0.05) is 23.2 Å². The SMILES string of the molecule is CS(=O)(=O)c1ccc(NCc2cc(Cl)cc(Cl)c2)cc1. The van der Waals surface area contributed by atoms with E-state index in [0.29, 0.717) is 21.5 Å². The average molecular weight is 330 g/mol. The largest absolute Gasteiger partial charge is 0.381 e. The molecule has 20 heavy (non-hydrogen) atoms. The van der Waals surface area contributed by atoms with E-state index in [4.69, 9.17) is 23.2 Å². The van der Waals surface area contributed by atoms with Crippen molar-refractivity contribution in [1.29, 1.82) is 0 Å². The normalized spacial score (nSPS) is 11.3. The molecule has 0 fully saturated rings. The van der Waals surface area contributed by atoms with E-state index in [9.17, 15) is 8.42 Å². The lowest BCUT2D eigenvalue weighted by Crippen LogP contribution is -2.01. The summed E-state index contributed by atoms with van der Waals surface area (Å²) in [6.07, 6.45) is 1.18. The first-order valence-electron chi connectivity index (χ1n) is 5.83. The van der Waals surface area contributed by atoms with E-state index in [-0.39, 0.29) is 0 Å². The summed E-state index contributed by atoms with van der Waals surface area (Å²) in [6, 6.07) is 11.9. The molecule has 0 bridgehead atoms. The van der Waals surface area contributed by atoms with Crippen LogP contribution in [0.25, 0.3) is 0 Å². The summed E-state index contributed by atoms with van der Waals surface area (Å²) in [7, 11) is -3.16. The Kier molecular flexibility index (Phi) is 4.58. The Morgan fingerprint density at radius 1 is 1.00 bits per heavy atom. The summed E-state index contributed by atoms with van der Waals surface area (Å²) in [5, 5.41) is 4.35. The third-order valence-electron chi connectivity index (χ3n) is 2.70. The first kappa shape index (κ1) is 15.2.